The second-order valence-corrected chi connectivity index (χ2v) is 6.26. The average molecular weight is 380 g/mol. The first-order valence-corrected chi connectivity index (χ1v) is 8.75. The smallest absolute Gasteiger partial charge is 0.189 e. The van der Waals surface area contributed by atoms with Gasteiger partial charge in [0.15, 0.2) is 17.3 Å². The lowest BCUT2D eigenvalue weighted by Crippen LogP contribution is -2.01. The van der Waals surface area contributed by atoms with Gasteiger partial charge >= 0.3 is 0 Å². The molecular weight excluding hydrogens is 359 g/mol. The number of halogens is 1. The Bertz CT molecular complexity index is 1020. The van der Waals surface area contributed by atoms with Crippen molar-refractivity contribution in [3.63, 3.8) is 0 Å². The Hall–Kier alpha value is -3.41. The van der Waals surface area contributed by atoms with Gasteiger partial charge < -0.3 is 9.47 Å². The Morgan fingerprint density at radius 3 is 2.68 bits per heavy atom. The molecule has 0 saturated heterocycles. The SMILES string of the molecule is COc1ccc(/C=C/C(=O)c2cnn(C)c2C)cc1COc1ccccc1F. The van der Waals surface area contributed by atoms with Crippen molar-refractivity contribution in [3.05, 3.63) is 82.9 Å². The summed E-state index contributed by atoms with van der Waals surface area (Å²) < 4.78 is 26.3. The highest BCUT2D eigenvalue weighted by molar-refractivity contribution is 6.07. The fraction of sp³-hybridized carbons (Fsp3) is 0.182. The van der Waals surface area contributed by atoms with Crippen LogP contribution in [0.5, 0.6) is 11.5 Å². The molecule has 0 atom stereocenters. The molecule has 3 rings (SSSR count). The Balaban J connectivity index is 1.77. The summed E-state index contributed by atoms with van der Waals surface area (Å²) in [5.74, 6) is 0.260. The fourth-order valence-electron chi connectivity index (χ4n) is 2.73. The summed E-state index contributed by atoms with van der Waals surface area (Å²) in [6.45, 7) is 1.99. The average Bonchev–Trinajstić information content (AvgIpc) is 3.04. The molecule has 0 saturated carbocycles. The highest BCUT2D eigenvalue weighted by atomic mass is 19.1. The van der Waals surface area contributed by atoms with Crippen LogP contribution in [0.15, 0.2) is 54.7 Å². The van der Waals surface area contributed by atoms with Crippen LogP contribution in [-0.4, -0.2) is 22.7 Å². The predicted octanol–water partition coefficient (Wildman–Crippen LogP) is 4.35. The Kier molecular flexibility index (Phi) is 5.89. The monoisotopic (exact) mass is 380 g/mol. The Labute approximate surface area is 163 Å². The van der Waals surface area contributed by atoms with Gasteiger partial charge in [-0.1, -0.05) is 24.3 Å². The third-order valence-corrected chi connectivity index (χ3v) is 4.45. The molecule has 1 heterocycles. The Morgan fingerprint density at radius 1 is 1.21 bits per heavy atom. The highest BCUT2D eigenvalue weighted by Crippen LogP contribution is 2.24. The summed E-state index contributed by atoms with van der Waals surface area (Å²) in [5, 5.41) is 4.09. The molecular formula is C22H21FN2O3. The van der Waals surface area contributed by atoms with E-state index in [0.717, 1.165) is 16.8 Å². The van der Waals surface area contributed by atoms with Crippen molar-refractivity contribution in [3.8, 4) is 11.5 Å². The number of methoxy groups -OCH3 is 1. The van der Waals surface area contributed by atoms with Crippen LogP contribution in [0.25, 0.3) is 6.08 Å². The van der Waals surface area contributed by atoms with Crippen LogP contribution < -0.4 is 9.47 Å². The number of carbonyl (C=O) groups excluding carboxylic acids is 1. The number of nitrogens with zero attached hydrogens (tertiary/aromatic N) is 2. The molecule has 5 nitrogen and oxygen atoms in total. The van der Waals surface area contributed by atoms with Crippen LogP contribution in [-0.2, 0) is 13.7 Å². The zero-order valence-corrected chi connectivity index (χ0v) is 16.0. The van der Waals surface area contributed by atoms with E-state index in [0.29, 0.717) is 11.3 Å². The number of aromatic nitrogens is 2. The van der Waals surface area contributed by atoms with Gasteiger partial charge in [0.2, 0.25) is 0 Å². The van der Waals surface area contributed by atoms with Gasteiger partial charge in [-0.2, -0.15) is 5.10 Å². The van der Waals surface area contributed by atoms with Gasteiger partial charge in [0, 0.05) is 18.3 Å². The highest BCUT2D eigenvalue weighted by Gasteiger charge is 2.11. The first-order chi connectivity index (χ1) is 13.5. The molecule has 144 valence electrons. The largest absolute Gasteiger partial charge is 0.496 e. The summed E-state index contributed by atoms with van der Waals surface area (Å²) in [7, 11) is 3.35. The standard InChI is InChI=1S/C22H21FN2O3/c1-15-18(13-24-25(15)2)20(26)10-8-16-9-11-21(27-3)17(12-16)14-28-22-7-5-4-6-19(22)23/h4-13H,14H2,1-3H3/b10-8+. The van der Waals surface area contributed by atoms with E-state index in [1.807, 2.05) is 19.1 Å². The van der Waals surface area contributed by atoms with Crippen molar-refractivity contribution < 1.29 is 18.7 Å². The molecule has 6 heteroatoms. The maximum absolute atomic E-state index is 13.7. The lowest BCUT2D eigenvalue weighted by Gasteiger charge is -2.11. The van der Waals surface area contributed by atoms with Crippen molar-refractivity contribution in [2.75, 3.05) is 7.11 Å². The van der Waals surface area contributed by atoms with E-state index in [1.165, 1.54) is 12.1 Å². The summed E-state index contributed by atoms with van der Waals surface area (Å²) in [4.78, 5) is 12.4. The maximum Gasteiger partial charge on any atom is 0.189 e. The number of para-hydroxylation sites is 1. The Morgan fingerprint density at radius 2 is 2.00 bits per heavy atom. The second-order valence-electron chi connectivity index (χ2n) is 6.26. The predicted molar refractivity (Wildman–Crippen MR) is 105 cm³/mol. The molecule has 0 amide bonds. The summed E-state index contributed by atoms with van der Waals surface area (Å²) in [5.41, 5.74) is 2.93. The number of hydrogen-bond acceptors (Lipinski definition) is 4. The molecule has 0 aliphatic rings. The van der Waals surface area contributed by atoms with E-state index >= 15 is 0 Å². The van der Waals surface area contributed by atoms with Gasteiger partial charge in [0.25, 0.3) is 0 Å². The van der Waals surface area contributed by atoms with Crippen LogP contribution in [0.1, 0.15) is 27.2 Å². The second kappa shape index (κ2) is 8.52. The molecule has 0 N–H and O–H groups in total. The molecule has 0 fully saturated rings. The number of carbonyl (C=O) groups is 1. The summed E-state index contributed by atoms with van der Waals surface area (Å²) in [6, 6.07) is 11.7. The zero-order valence-electron chi connectivity index (χ0n) is 16.0. The van der Waals surface area contributed by atoms with E-state index in [2.05, 4.69) is 5.10 Å². The lowest BCUT2D eigenvalue weighted by molar-refractivity contribution is 0.104. The van der Waals surface area contributed by atoms with Crippen molar-refractivity contribution in [1.82, 2.24) is 9.78 Å². The van der Waals surface area contributed by atoms with Crippen LogP contribution in [0.3, 0.4) is 0 Å². The maximum atomic E-state index is 13.7. The first kappa shape index (κ1) is 19.4. The normalized spacial score (nSPS) is 11.0. The minimum Gasteiger partial charge on any atom is -0.496 e. The van der Waals surface area contributed by atoms with Gasteiger partial charge in [-0.15, -0.1) is 0 Å². The molecule has 1 aromatic heterocycles. The number of rotatable bonds is 7. The molecule has 3 aromatic rings. The van der Waals surface area contributed by atoms with Crippen LogP contribution >= 0.6 is 0 Å². The number of ether oxygens (including phenoxy) is 2. The van der Waals surface area contributed by atoms with Crippen LogP contribution in [0.2, 0.25) is 0 Å². The van der Waals surface area contributed by atoms with E-state index in [1.54, 1.807) is 55.4 Å². The third kappa shape index (κ3) is 4.28. The molecule has 2 aromatic carbocycles. The summed E-state index contributed by atoms with van der Waals surface area (Å²) in [6.07, 6.45) is 4.79. The van der Waals surface area contributed by atoms with Crippen LogP contribution in [0.4, 0.5) is 4.39 Å². The van der Waals surface area contributed by atoms with Crippen molar-refractivity contribution in [2.45, 2.75) is 13.5 Å². The molecule has 28 heavy (non-hydrogen) atoms. The van der Waals surface area contributed by atoms with E-state index < -0.39 is 5.82 Å². The van der Waals surface area contributed by atoms with E-state index in [9.17, 15) is 9.18 Å². The van der Waals surface area contributed by atoms with Gasteiger partial charge in [0.1, 0.15) is 12.4 Å². The topological polar surface area (TPSA) is 53.3 Å². The molecule has 0 bridgehead atoms. The number of aryl methyl sites for hydroxylation is 1. The molecule has 0 aliphatic heterocycles. The quantitative estimate of drug-likeness (QED) is 0.452. The lowest BCUT2D eigenvalue weighted by atomic mass is 10.1. The van der Waals surface area contributed by atoms with Crippen molar-refractivity contribution in [2.24, 2.45) is 7.05 Å². The van der Waals surface area contributed by atoms with Gasteiger partial charge in [-0.25, -0.2) is 4.39 Å². The molecule has 0 radical (unpaired) electrons. The van der Waals surface area contributed by atoms with E-state index in [4.69, 9.17) is 9.47 Å². The molecule has 0 unspecified atom stereocenters. The number of ketones is 1. The third-order valence-electron chi connectivity index (χ3n) is 4.45. The van der Waals surface area contributed by atoms with Crippen molar-refractivity contribution >= 4 is 11.9 Å². The van der Waals surface area contributed by atoms with Crippen LogP contribution in [0, 0.1) is 12.7 Å². The minimum absolute atomic E-state index is 0.120. The van der Waals surface area contributed by atoms with Crippen molar-refractivity contribution in [1.29, 1.82) is 0 Å². The van der Waals surface area contributed by atoms with E-state index in [-0.39, 0.29) is 18.1 Å². The number of benzene rings is 2. The van der Waals surface area contributed by atoms with Gasteiger partial charge in [-0.3, -0.25) is 9.48 Å². The first-order valence-electron chi connectivity index (χ1n) is 8.75. The number of allylic oxidation sites excluding steroid dienone is 1. The van der Waals surface area contributed by atoms with Gasteiger partial charge in [0.05, 0.1) is 18.9 Å². The van der Waals surface area contributed by atoms with Gasteiger partial charge in [-0.05, 0) is 42.8 Å². The number of hydrogen-bond donors (Lipinski definition) is 0. The minimum atomic E-state index is -0.421. The summed E-state index contributed by atoms with van der Waals surface area (Å²) >= 11 is 0. The zero-order chi connectivity index (χ0) is 20.1. The molecule has 0 spiro atoms. The molecule has 0 aliphatic carbocycles. The fourth-order valence-corrected chi connectivity index (χ4v) is 2.73.